The number of rotatable bonds is 4. The molecule has 29 heavy (non-hydrogen) atoms. The fourth-order valence-electron chi connectivity index (χ4n) is 4.24. The van der Waals surface area contributed by atoms with Crippen molar-refractivity contribution in [2.45, 2.75) is 52.5 Å². The van der Waals surface area contributed by atoms with Crippen molar-refractivity contribution >= 4 is 39.7 Å². The topological polar surface area (TPSA) is 32.3 Å². The maximum Gasteiger partial charge on any atom is 0.263 e. The largest absolute Gasteiger partial charge is 0.347 e. The minimum Gasteiger partial charge on any atom is -0.347 e. The lowest BCUT2D eigenvalue weighted by molar-refractivity contribution is 0.0982. The molecule has 2 aliphatic rings. The van der Waals surface area contributed by atoms with Gasteiger partial charge >= 0.3 is 0 Å². The predicted molar refractivity (Wildman–Crippen MR) is 127 cm³/mol. The van der Waals surface area contributed by atoms with Gasteiger partial charge in [-0.15, -0.1) is 23.1 Å². The van der Waals surface area contributed by atoms with Crippen LogP contribution in [-0.4, -0.2) is 17.2 Å². The van der Waals surface area contributed by atoms with Gasteiger partial charge in [0.2, 0.25) is 0 Å². The third-order valence-electron chi connectivity index (χ3n) is 5.93. The molecule has 1 aromatic carbocycles. The number of hydrogen-bond donors (Lipinski definition) is 1. The van der Waals surface area contributed by atoms with Gasteiger partial charge in [-0.1, -0.05) is 51.1 Å². The molecule has 5 heteroatoms. The summed E-state index contributed by atoms with van der Waals surface area (Å²) in [6, 6.07) is 10.0. The fourth-order valence-corrected chi connectivity index (χ4v) is 6.66. The van der Waals surface area contributed by atoms with Gasteiger partial charge in [0, 0.05) is 16.3 Å². The summed E-state index contributed by atoms with van der Waals surface area (Å²) in [6.07, 6.45) is 3.25. The number of thioether (sulfide) groups is 1. The molecule has 4 rings (SSSR count). The number of fused-ring (bicyclic) bond motifs is 3. The van der Waals surface area contributed by atoms with Gasteiger partial charge in [-0.3, -0.25) is 9.69 Å². The number of carbonyl (C=O) groups is 1. The van der Waals surface area contributed by atoms with Gasteiger partial charge in [0.25, 0.3) is 5.91 Å². The molecule has 0 saturated heterocycles. The number of para-hydroxylation sites is 1. The first-order valence-electron chi connectivity index (χ1n) is 10.3. The zero-order chi connectivity index (χ0) is 20.8. The van der Waals surface area contributed by atoms with Crippen molar-refractivity contribution in [2.75, 3.05) is 16.0 Å². The normalized spacial score (nSPS) is 21.4. The van der Waals surface area contributed by atoms with Crippen molar-refractivity contribution in [3.8, 4) is 0 Å². The summed E-state index contributed by atoms with van der Waals surface area (Å²) >= 11 is 3.53. The number of nitrogens with one attached hydrogen (secondary N) is 1. The number of hydrogen-bond acceptors (Lipinski definition) is 4. The van der Waals surface area contributed by atoms with E-state index < -0.39 is 0 Å². The summed E-state index contributed by atoms with van der Waals surface area (Å²) in [5.41, 5.74) is 4.43. The number of anilines is 2. The van der Waals surface area contributed by atoms with E-state index in [2.05, 4.69) is 32.7 Å². The molecular weight excluding hydrogens is 396 g/mol. The average molecular weight is 427 g/mol. The Morgan fingerprint density at radius 3 is 2.69 bits per heavy atom. The first kappa shape index (κ1) is 20.5. The molecule has 1 N–H and O–H groups in total. The SMILES string of the molecule is C=C(C)CS[C@H]1Nc2sc3c(c2C(=O)N1c1ccccc1)CC[C@H](C(C)(C)C)C3. The van der Waals surface area contributed by atoms with Gasteiger partial charge < -0.3 is 5.32 Å². The Labute approximate surface area is 182 Å². The lowest BCUT2D eigenvalue weighted by atomic mass is 9.72. The third kappa shape index (κ3) is 3.99. The summed E-state index contributed by atoms with van der Waals surface area (Å²) in [4.78, 5) is 17.1. The van der Waals surface area contributed by atoms with Gasteiger partial charge in [-0.2, -0.15) is 0 Å². The van der Waals surface area contributed by atoms with Crippen LogP contribution < -0.4 is 10.2 Å². The van der Waals surface area contributed by atoms with Crippen LogP contribution in [0, 0.1) is 11.3 Å². The number of benzene rings is 1. The Kier molecular flexibility index (Phi) is 5.56. The van der Waals surface area contributed by atoms with Gasteiger partial charge in [0.1, 0.15) is 5.00 Å². The molecule has 0 radical (unpaired) electrons. The molecule has 2 atom stereocenters. The molecule has 1 aliphatic heterocycles. The molecule has 3 nitrogen and oxygen atoms in total. The highest BCUT2D eigenvalue weighted by Gasteiger charge is 2.40. The highest BCUT2D eigenvalue weighted by Crippen LogP contribution is 2.47. The summed E-state index contributed by atoms with van der Waals surface area (Å²) < 4.78 is 0. The zero-order valence-electron chi connectivity index (χ0n) is 17.7. The summed E-state index contributed by atoms with van der Waals surface area (Å²) in [7, 11) is 0. The molecular formula is C24H30N2OS2. The molecule has 1 aromatic heterocycles. The molecule has 1 amide bonds. The maximum absolute atomic E-state index is 13.7. The maximum atomic E-state index is 13.7. The van der Waals surface area contributed by atoms with E-state index in [0.717, 1.165) is 46.8 Å². The number of amides is 1. The minimum atomic E-state index is -0.118. The molecule has 0 saturated carbocycles. The number of carbonyl (C=O) groups excluding carboxylic acids is 1. The first-order chi connectivity index (χ1) is 13.8. The van der Waals surface area contributed by atoms with Crippen molar-refractivity contribution in [2.24, 2.45) is 11.3 Å². The summed E-state index contributed by atoms with van der Waals surface area (Å²) in [5, 5.41) is 4.74. The fraction of sp³-hybridized carbons (Fsp3) is 0.458. The van der Waals surface area contributed by atoms with E-state index in [1.54, 1.807) is 23.1 Å². The standard InChI is InChI=1S/C24H30N2OS2/c1-15(2)14-28-23-25-21-20(22(27)26(23)17-9-7-6-8-10-17)18-12-11-16(24(3,4)5)13-19(18)29-21/h6-10,16,23,25H,1,11-14H2,2-5H3/t16-,23-/m0/s1. The quantitative estimate of drug-likeness (QED) is 0.562. The van der Waals surface area contributed by atoms with Gasteiger partial charge in [-0.25, -0.2) is 0 Å². The monoisotopic (exact) mass is 426 g/mol. The summed E-state index contributed by atoms with van der Waals surface area (Å²) in [6.45, 7) is 13.1. The highest BCUT2D eigenvalue weighted by molar-refractivity contribution is 8.00. The second kappa shape index (κ2) is 7.84. The van der Waals surface area contributed by atoms with Gasteiger partial charge in [-0.05, 0) is 55.2 Å². The van der Waals surface area contributed by atoms with E-state index in [0.29, 0.717) is 11.3 Å². The molecule has 2 heterocycles. The van der Waals surface area contributed by atoms with Crippen LogP contribution in [0.1, 0.15) is 54.9 Å². The van der Waals surface area contributed by atoms with Crippen LogP contribution in [0.5, 0.6) is 0 Å². The predicted octanol–water partition coefficient (Wildman–Crippen LogP) is 6.56. The second-order valence-electron chi connectivity index (χ2n) is 9.29. The van der Waals surface area contributed by atoms with Crippen LogP contribution in [0.4, 0.5) is 10.7 Å². The van der Waals surface area contributed by atoms with Crippen LogP contribution in [0.15, 0.2) is 42.5 Å². The van der Waals surface area contributed by atoms with E-state index >= 15 is 0 Å². The minimum absolute atomic E-state index is 0.118. The van der Waals surface area contributed by atoms with Crippen molar-refractivity contribution in [3.05, 3.63) is 58.5 Å². The molecule has 0 unspecified atom stereocenters. The number of thiophene rings is 1. The average Bonchev–Trinajstić information content (AvgIpc) is 3.04. The van der Waals surface area contributed by atoms with Crippen LogP contribution in [0.3, 0.4) is 0 Å². The highest BCUT2D eigenvalue weighted by atomic mass is 32.2. The van der Waals surface area contributed by atoms with E-state index in [1.165, 1.54) is 10.4 Å². The van der Waals surface area contributed by atoms with Crippen molar-refractivity contribution in [3.63, 3.8) is 0 Å². The number of nitrogens with zero attached hydrogens (tertiary/aromatic N) is 1. The Hall–Kier alpha value is -1.72. The Bertz CT molecular complexity index is 926. The Morgan fingerprint density at radius 1 is 1.31 bits per heavy atom. The molecule has 1 aliphatic carbocycles. The molecule has 2 aromatic rings. The van der Waals surface area contributed by atoms with Crippen LogP contribution in [0.2, 0.25) is 0 Å². The Balaban J connectivity index is 1.71. The van der Waals surface area contributed by atoms with Gasteiger partial charge in [0.05, 0.1) is 5.56 Å². The lowest BCUT2D eigenvalue weighted by Crippen LogP contribution is -2.47. The zero-order valence-corrected chi connectivity index (χ0v) is 19.4. The summed E-state index contributed by atoms with van der Waals surface area (Å²) in [5.74, 6) is 1.63. The van der Waals surface area contributed by atoms with Crippen LogP contribution in [-0.2, 0) is 12.8 Å². The van der Waals surface area contributed by atoms with Crippen molar-refractivity contribution in [1.29, 1.82) is 0 Å². The molecule has 154 valence electrons. The lowest BCUT2D eigenvalue weighted by Gasteiger charge is -2.37. The van der Waals surface area contributed by atoms with Crippen molar-refractivity contribution < 1.29 is 4.79 Å². The van der Waals surface area contributed by atoms with E-state index in [4.69, 9.17) is 0 Å². The van der Waals surface area contributed by atoms with E-state index in [9.17, 15) is 4.79 Å². The molecule has 0 spiro atoms. The van der Waals surface area contributed by atoms with Gasteiger partial charge in [0.15, 0.2) is 5.50 Å². The van der Waals surface area contributed by atoms with Crippen LogP contribution in [0.25, 0.3) is 0 Å². The van der Waals surface area contributed by atoms with Crippen LogP contribution >= 0.6 is 23.1 Å². The van der Waals surface area contributed by atoms with E-state index in [1.807, 2.05) is 42.2 Å². The first-order valence-corrected chi connectivity index (χ1v) is 12.2. The van der Waals surface area contributed by atoms with E-state index in [-0.39, 0.29) is 11.4 Å². The van der Waals surface area contributed by atoms with Crippen molar-refractivity contribution in [1.82, 2.24) is 0 Å². The second-order valence-corrected chi connectivity index (χ2v) is 11.5. The molecule has 0 bridgehead atoms. The third-order valence-corrected chi connectivity index (χ3v) is 8.42. The molecule has 0 fully saturated rings. The Morgan fingerprint density at radius 2 is 2.03 bits per heavy atom. The smallest absolute Gasteiger partial charge is 0.263 e.